The minimum Gasteiger partial charge on any atom is -0.387 e. The summed E-state index contributed by atoms with van der Waals surface area (Å²) in [6, 6.07) is 10.9. The third-order valence-corrected chi connectivity index (χ3v) is 5.69. The van der Waals surface area contributed by atoms with E-state index in [0.29, 0.717) is 13.0 Å². The number of aromatic nitrogens is 3. The molecule has 0 saturated carbocycles. The number of aliphatic hydroxyl groups excluding tert-OH is 1. The predicted molar refractivity (Wildman–Crippen MR) is 97.0 cm³/mol. The molecule has 3 aromatic rings. The molecule has 0 amide bonds. The first kappa shape index (κ1) is 19.0. The summed E-state index contributed by atoms with van der Waals surface area (Å²) < 4.78 is 47.3. The Morgan fingerprint density at radius 2 is 1.82 bits per heavy atom. The molecule has 1 N–H and O–H groups in total. The highest BCUT2D eigenvalue weighted by atomic mass is 32.2. The molecule has 1 saturated heterocycles. The largest absolute Gasteiger partial charge is 0.387 e. The van der Waals surface area contributed by atoms with Gasteiger partial charge in [-0.1, -0.05) is 35.2 Å². The van der Waals surface area contributed by atoms with Gasteiger partial charge in [-0.2, -0.15) is 0 Å². The van der Waals surface area contributed by atoms with Crippen molar-refractivity contribution in [3.8, 4) is 11.3 Å². The summed E-state index contributed by atoms with van der Waals surface area (Å²) in [6.07, 6.45) is 1.12. The number of hydrogen-bond donors (Lipinski definition) is 1. The molecule has 1 fully saturated rings. The van der Waals surface area contributed by atoms with Gasteiger partial charge in [-0.3, -0.25) is 0 Å². The molecule has 0 bridgehead atoms. The Hall–Kier alpha value is -2.36. The number of aliphatic hydroxyl groups is 1. The highest BCUT2D eigenvalue weighted by Gasteiger charge is 2.35. The van der Waals surface area contributed by atoms with E-state index in [4.69, 9.17) is 4.74 Å². The molecule has 1 aliphatic rings. The SMILES string of the molecule is OC1C(Sc2ccccc2)OCCC1n1cc(-c2cc(F)c(F)c(F)c2)nn1. The van der Waals surface area contributed by atoms with Crippen molar-refractivity contribution in [1.82, 2.24) is 15.0 Å². The molecule has 0 radical (unpaired) electrons. The fourth-order valence-electron chi connectivity index (χ4n) is 3.06. The van der Waals surface area contributed by atoms with E-state index in [1.54, 1.807) is 0 Å². The first-order chi connectivity index (χ1) is 13.5. The van der Waals surface area contributed by atoms with Crippen LogP contribution in [0.4, 0.5) is 13.2 Å². The van der Waals surface area contributed by atoms with Crippen molar-refractivity contribution in [2.24, 2.45) is 0 Å². The van der Waals surface area contributed by atoms with Crippen molar-refractivity contribution in [2.75, 3.05) is 6.61 Å². The van der Waals surface area contributed by atoms with Crippen molar-refractivity contribution in [2.45, 2.75) is 28.9 Å². The zero-order chi connectivity index (χ0) is 19.7. The normalized spacial score (nSPS) is 22.4. The van der Waals surface area contributed by atoms with E-state index in [0.717, 1.165) is 17.0 Å². The molecule has 4 rings (SSSR count). The van der Waals surface area contributed by atoms with Gasteiger partial charge >= 0.3 is 0 Å². The quantitative estimate of drug-likeness (QED) is 0.667. The average molecular weight is 407 g/mol. The summed E-state index contributed by atoms with van der Waals surface area (Å²) in [6.45, 7) is 0.418. The van der Waals surface area contributed by atoms with Crippen LogP contribution in [-0.2, 0) is 4.74 Å². The first-order valence-corrected chi connectivity index (χ1v) is 9.49. The number of rotatable bonds is 4. The van der Waals surface area contributed by atoms with Crippen LogP contribution in [0, 0.1) is 17.5 Å². The average Bonchev–Trinajstić information content (AvgIpc) is 3.18. The maximum atomic E-state index is 13.5. The molecule has 2 heterocycles. The van der Waals surface area contributed by atoms with Crippen molar-refractivity contribution in [3.05, 3.63) is 66.1 Å². The van der Waals surface area contributed by atoms with Crippen molar-refractivity contribution >= 4 is 11.8 Å². The number of benzene rings is 2. The Morgan fingerprint density at radius 3 is 2.54 bits per heavy atom. The van der Waals surface area contributed by atoms with Gasteiger partial charge in [0, 0.05) is 10.5 Å². The molecule has 0 spiro atoms. The molecule has 146 valence electrons. The summed E-state index contributed by atoms with van der Waals surface area (Å²) in [5.74, 6) is -4.12. The lowest BCUT2D eigenvalue weighted by atomic mass is 10.1. The zero-order valence-corrected chi connectivity index (χ0v) is 15.3. The van der Waals surface area contributed by atoms with E-state index in [9.17, 15) is 18.3 Å². The number of nitrogens with zero attached hydrogens (tertiary/aromatic N) is 3. The van der Waals surface area contributed by atoms with Crippen LogP contribution in [0.3, 0.4) is 0 Å². The Bertz CT molecular complexity index is 947. The van der Waals surface area contributed by atoms with Gasteiger partial charge in [0.2, 0.25) is 0 Å². The van der Waals surface area contributed by atoms with E-state index < -0.39 is 35.0 Å². The van der Waals surface area contributed by atoms with Crippen LogP contribution in [-0.4, -0.2) is 38.2 Å². The van der Waals surface area contributed by atoms with E-state index in [1.807, 2.05) is 30.3 Å². The van der Waals surface area contributed by atoms with Crippen molar-refractivity contribution < 1.29 is 23.0 Å². The lowest BCUT2D eigenvalue weighted by Crippen LogP contribution is -2.40. The number of hydrogen-bond acceptors (Lipinski definition) is 5. The molecule has 1 aromatic heterocycles. The van der Waals surface area contributed by atoms with E-state index in [1.165, 1.54) is 22.6 Å². The van der Waals surface area contributed by atoms with E-state index in [-0.39, 0.29) is 11.3 Å². The van der Waals surface area contributed by atoms with Gasteiger partial charge in [0.25, 0.3) is 0 Å². The Balaban J connectivity index is 1.54. The van der Waals surface area contributed by atoms with Gasteiger partial charge in [-0.15, -0.1) is 5.10 Å². The molecule has 28 heavy (non-hydrogen) atoms. The monoisotopic (exact) mass is 407 g/mol. The van der Waals surface area contributed by atoms with Gasteiger partial charge in [-0.25, -0.2) is 17.9 Å². The molecule has 1 aliphatic heterocycles. The second kappa shape index (κ2) is 7.94. The van der Waals surface area contributed by atoms with Crippen LogP contribution in [0.2, 0.25) is 0 Å². The van der Waals surface area contributed by atoms with Crippen molar-refractivity contribution in [3.63, 3.8) is 0 Å². The lowest BCUT2D eigenvalue weighted by Gasteiger charge is -2.34. The number of halogens is 3. The molecule has 3 atom stereocenters. The highest BCUT2D eigenvalue weighted by molar-refractivity contribution is 7.99. The Morgan fingerprint density at radius 1 is 1.11 bits per heavy atom. The third-order valence-electron chi connectivity index (χ3n) is 4.49. The summed E-state index contributed by atoms with van der Waals surface area (Å²) in [5.41, 5.74) is -0.238. The van der Waals surface area contributed by atoms with E-state index in [2.05, 4.69) is 10.3 Å². The fraction of sp³-hybridized carbons (Fsp3) is 0.263. The molecule has 3 unspecified atom stereocenters. The van der Waals surface area contributed by atoms with Gasteiger partial charge in [0.1, 0.15) is 17.2 Å². The molecule has 9 heteroatoms. The van der Waals surface area contributed by atoms with Gasteiger partial charge in [-0.05, 0) is 30.7 Å². The van der Waals surface area contributed by atoms with Gasteiger partial charge in [0.05, 0.1) is 18.8 Å². The summed E-state index contributed by atoms with van der Waals surface area (Å²) in [4.78, 5) is 0.962. The fourth-order valence-corrected chi connectivity index (χ4v) is 4.12. The zero-order valence-electron chi connectivity index (χ0n) is 14.5. The Labute approximate surface area is 163 Å². The molecule has 0 aliphatic carbocycles. The van der Waals surface area contributed by atoms with Crippen LogP contribution in [0.25, 0.3) is 11.3 Å². The van der Waals surface area contributed by atoms with Gasteiger partial charge < -0.3 is 9.84 Å². The third kappa shape index (κ3) is 3.78. The summed E-state index contributed by atoms with van der Waals surface area (Å²) in [5, 5.41) is 18.7. The number of thioether (sulfide) groups is 1. The highest BCUT2D eigenvalue weighted by Crippen LogP contribution is 2.35. The molecular formula is C19H16F3N3O2S. The van der Waals surface area contributed by atoms with Crippen LogP contribution in [0.15, 0.2) is 53.6 Å². The predicted octanol–water partition coefficient (Wildman–Crippen LogP) is 3.80. The standard InChI is InChI=1S/C19H16F3N3O2S/c20-13-8-11(9-14(21)17(13)22)15-10-25(24-23-15)16-6-7-27-19(18(16)26)28-12-4-2-1-3-5-12/h1-5,8-10,16,18-19,26H,6-7H2. The topological polar surface area (TPSA) is 60.2 Å². The molecule has 5 nitrogen and oxygen atoms in total. The summed E-state index contributed by atoms with van der Waals surface area (Å²) in [7, 11) is 0. The van der Waals surface area contributed by atoms with Crippen LogP contribution in [0.5, 0.6) is 0 Å². The Kier molecular flexibility index (Phi) is 5.38. The maximum absolute atomic E-state index is 13.5. The van der Waals surface area contributed by atoms with Crippen LogP contribution in [0.1, 0.15) is 12.5 Å². The molecule has 2 aromatic carbocycles. The van der Waals surface area contributed by atoms with Crippen LogP contribution < -0.4 is 0 Å². The maximum Gasteiger partial charge on any atom is 0.194 e. The van der Waals surface area contributed by atoms with Gasteiger partial charge in [0.15, 0.2) is 17.5 Å². The smallest absolute Gasteiger partial charge is 0.194 e. The van der Waals surface area contributed by atoms with E-state index >= 15 is 0 Å². The second-order valence-electron chi connectivity index (χ2n) is 6.35. The first-order valence-electron chi connectivity index (χ1n) is 8.61. The summed E-state index contributed by atoms with van der Waals surface area (Å²) >= 11 is 1.41. The minimum absolute atomic E-state index is 0.0689. The number of ether oxygens (including phenoxy) is 1. The van der Waals surface area contributed by atoms with Crippen molar-refractivity contribution in [1.29, 1.82) is 0 Å². The second-order valence-corrected chi connectivity index (χ2v) is 7.53. The molecular weight excluding hydrogens is 391 g/mol. The minimum atomic E-state index is -1.53. The van der Waals surface area contributed by atoms with Crippen LogP contribution >= 0.6 is 11.8 Å². The lowest BCUT2D eigenvalue weighted by molar-refractivity contribution is -0.0605.